The van der Waals surface area contributed by atoms with Crippen molar-refractivity contribution in [3.63, 3.8) is 0 Å². The Hall–Kier alpha value is -0.730. The van der Waals surface area contributed by atoms with Gasteiger partial charge in [0.2, 0.25) is 5.91 Å². The van der Waals surface area contributed by atoms with Crippen molar-refractivity contribution in [2.45, 2.75) is 103 Å². The summed E-state index contributed by atoms with van der Waals surface area (Å²) in [5, 5.41) is 3.00. The summed E-state index contributed by atoms with van der Waals surface area (Å²) in [5.41, 5.74) is 0. The number of unbranched alkanes of at least 4 members (excludes halogenated alkanes) is 12. The lowest BCUT2D eigenvalue weighted by Crippen LogP contribution is -2.37. The molecule has 1 unspecified atom stereocenters. The lowest BCUT2D eigenvalue weighted by atomic mass is 10.0. The van der Waals surface area contributed by atoms with E-state index in [-0.39, 0.29) is 12.0 Å². The van der Waals surface area contributed by atoms with Crippen LogP contribution in [0.15, 0.2) is 0 Å². The van der Waals surface area contributed by atoms with Crippen molar-refractivity contribution in [1.29, 1.82) is 0 Å². The van der Waals surface area contributed by atoms with E-state index in [9.17, 15) is 4.79 Å². The quantitative estimate of drug-likeness (QED) is 0.307. The normalized spacial score (nSPS) is 19.3. The molecule has 7 heteroatoms. The molecule has 1 aliphatic rings. The van der Waals surface area contributed by atoms with Crippen LogP contribution in [0.5, 0.6) is 0 Å². The fraction of sp³-hybridized carbons (Fsp3) is 0.963. The average molecular weight is 488 g/mol. The molecule has 1 saturated heterocycles. The molecule has 0 spiro atoms. The summed E-state index contributed by atoms with van der Waals surface area (Å²) in [6.45, 7) is 7.38. The second-order valence-corrected chi connectivity index (χ2v) is 9.20. The van der Waals surface area contributed by atoms with Crippen LogP contribution in [0.3, 0.4) is 0 Å². The first-order valence-electron chi connectivity index (χ1n) is 14.0. The molecule has 0 radical (unpaired) electrons. The lowest BCUT2D eigenvalue weighted by Gasteiger charge is -2.19. The third-order valence-electron chi connectivity index (χ3n) is 6.04. The number of rotatable bonds is 16. The summed E-state index contributed by atoms with van der Waals surface area (Å²) in [4.78, 5) is 12.2. The van der Waals surface area contributed by atoms with E-state index in [4.69, 9.17) is 23.7 Å². The van der Waals surface area contributed by atoms with Gasteiger partial charge >= 0.3 is 0 Å². The molecule has 0 bridgehead atoms. The van der Waals surface area contributed by atoms with Gasteiger partial charge in [-0.15, -0.1) is 0 Å². The Morgan fingerprint density at radius 3 is 1.59 bits per heavy atom. The van der Waals surface area contributed by atoms with E-state index >= 15 is 0 Å². The molecule has 0 aromatic carbocycles. The van der Waals surface area contributed by atoms with Crippen molar-refractivity contribution in [1.82, 2.24) is 5.32 Å². The van der Waals surface area contributed by atoms with Crippen LogP contribution < -0.4 is 5.32 Å². The van der Waals surface area contributed by atoms with Crippen LogP contribution in [0, 0.1) is 0 Å². The summed E-state index contributed by atoms with van der Waals surface area (Å²) < 4.78 is 27.9. The van der Waals surface area contributed by atoms with Crippen molar-refractivity contribution < 1.29 is 28.5 Å². The summed E-state index contributed by atoms with van der Waals surface area (Å²) in [7, 11) is 0. The van der Waals surface area contributed by atoms with Gasteiger partial charge in [-0.05, 0) is 6.42 Å². The second-order valence-electron chi connectivity index (χ2n) is 9.20. The van der Waals surface area contributed by atoms with E-state index in [1.165, 1.54) is 70.6 Å². The van der Waals surface area contributed by atoms with Gasteiger partial charge in [0, 0.05) is 13.0 Å². The summed E-state index contributed by atoms with van der Waals surface area (Å²) in [5.74, 6) is 0.0966. The number of amides is 1. The fourth-order valence-corrected chi connectivity index (χ4v) is 3.93. The van der Waals surface area contributed by atoms with Crippen LogP contribution in [0.4, 0.5) is 0 Å². The van der Waals surface area contributed by atoms with Crippen molar-refractivity contribution in [3.05, 3.63) is 0 Å². The van der Waals surface area contributed by atoms with Crippen LogP contribution in [0.1, 0.15) is 96.8 Å². The zero-order chi connectivity index (χ0) is 24.4. The predicted octanol–water partition coefficient (Wildman–Crippen LogP) is 5.05. The van der Waals surface area contributed by atoms with Crippen molar-refractivity contribution in [2.75, 3.05) is 66.0 Å². The highest BCUT2D eigenvalue weighted by Gasteiger charge is 2.12. The number of nitrogens with one attached hydrogen (secondary N) is 1. The van der Waals surface area contributed by atoms with Crippen molar-refractivity contribution in [2.24, 2.45) is 0 Å². The maximum absolute atomic E-state index is 12.2. The molecule has 34 heavy (non-hydrogen) atoms. The zero-order valence-corrected chi connectivity index (χ0v) is 22.0. The van der Waals surface area contributed by atoms with Crippen LogP contribution in [0.25, 0.3) is 0 Å². The Labute approximate surface area is 209 Å². The zero-order valence-electron chi connectivity index (χ0n) is 22.0. The average Bonchev–Trinajstić information content (AvgIpc) is 2.85. The molecule has 0 aromatic rings. The van der Waals surface area contributed by atoms with Crippen LogP contribution in [-0.4, -0.2) is 78.0 Å². The number of hydrogen-bond donors (Lipinski definition) is 1. The Balaban J connectivity index is 2.00. The molecule has 0 saturated carbocycles. The lowest BCUT2D eigenvalue weighted by molar-refractivity contribution is -0.122. The fourth-order valence-electron chi connectivity index (χ4n) is 3.93. The van der Waals surface area contributed by atoms with Gasteiger partial charge in [0.1, 0.15) is 0 Å². The Morgan fingerprint density at radius 1 is 0.618 bits per heavy atom. The smallest absolute Gasteiger partial charge is 0.220 e. The first-order chi connectivity index (χ1) is 16.8. The van der Waals surface area contributed by atoms with E-state index < -0.39 is 0 Å². The Morgan fingerprint density at radius 2 is 1.06 bits per heavy atom. The molecule has 1 rings (SSSR count). The van der Waals surface area contributed by atoms with Crippen LogP contribution in [-0.2, 0) is 28.5 Å². The van der Waals surface area contributed by atoms with Gasteiger partial charge < -0.3 is 29.0 Å². The monoisotopic (exact) mass is 487 g/mol. The molecule has 7 nitrogen and oxygen atoms in total. The van der Waals surface area contributed by atoms with Gasteiger partial charge in [-0.1, -0.05) is 84.0 Å². The van der Waals surface area contributed by atoms with Crippen LogP contribution in [0.2, 0.25) is 0 Å². The molecule has 1 fully saturated rings. The minimum atomic E-state index is -0.180. The third-order valence-corrected chi connectivity index (χ3v) is 6.04. The summed E-state index contributed by atoms with van der Waals surface area (Å²) in [6.07, 6.45) is 17.5. The second kappa shape index (κ2) is 25.4. The maximum Gasteiger partial charge on any atom is 0.220 e. The summed E-state index contributed by atoms with van der Waals surface area (Å²) in [6, 6.07) is 0. The number of ether oxygens (including phenoxy) is 5. The highest BCUT2D eigenvalue weighted by molar-refractivity contribution is 5.75. The SMILES string of the molecule is CCCCCCCCCCCCCCCC(=O)NCC1COCCOCCOCCOCCO1. The van der Waals surface area contributed by atoms with E-state index in [0.717, 1.165) is 12.8 Å². The molecule has 202 valence electrons. The molecule has 0 aromatic heterocycles. The van der Waals surface area contributed by atoms with Gasteiger partial charge in [0.05, 0.1) is 65.6 Å². The Bertz CT molecular complexity index is 421. The standard InChI is InChI=1S/C27H53NO6/c1-2-3-4-5-6-7-8-9-10-11-12-13-14-15-27(29)28-24-26-25-33-21-20-31-17-16-30-18-19-32-22-23-34-26/h26H,2-25H2,1H3,(H,28,29). The van der Waals surface area contributed by atoms with Gasteiger partial charge in [0.15, 0.2) is 0 Å². The molecule has 1 heterocycles. The van der Waals surface area contributed by atoms with E-state index in [2.05, 4.69) is 12.2 Å². The first kappa shape index (κ1) is 31.3. The largest absolute Gasteiger partial charge is 0.377 e. The number of carbonyl (C=O) groups is 1. The topological polar surface area (TPSA) is 75.3 Å². The molecule has 0 aliphatic carbocycles. The summed E-state index contributed by atoms with van der Waals surface area (Å²) >= 11 is 0. The Kier molecular flexibility index (Phi) is 23.4. The number of carbonyl (C=O) groups excluding carboxylic acids is 1. The van der Waals surface area contributed by atoms with Gasteiger partial charge in [-0.2, -0.15) is 0 Å². The number of hydrogen-bond acceptors (Lipinski definition) is 6. The van der Waals surface area contributed by atoms with E-state index in [1.54, 1.807) is 0 Å². The highest BCUT2D eigenvalue weighted by Crippen LogP contribution is 2.13. The maximum atomic E-state index is 12.2. The minimum Gasteiger partial charge on any atom is -0.377 e. The third kappa shape index (κ3) is 21.8. The molecular weight excluding hydrogens is 434 g/mol. The molecule has 1 amide bonds. The van der Waals surface area contributed by atoms with Crippen LogP contribution >= 0.6 is 0 Å². The van der Waals surface area contributed by atoms with Gasteiger partial charge in [-0.25, -0.2) is 0 Å². The first-order valence-corrected chi connectivity index (χ1v) is 14.0. The molecular formula is C27H53NO6. The predicted molar refractivity (Wildman–Crippen MR) is 136 cm³/mol. The molecule has 1 aliphatic heterocycles. The molecule has 1 atom stereocenters. The highest BCUT2D eigenvalue weighted by atomic mass is 16.6. The van der Waals surface area contributed by atoms with Crippen molar-refractivity contribution in [3.8, 4) is 0 Å². The van der Waals surface area contributed by atoms with Gasteiger partial charge in [-0.3, -0.25) is 4.79 Å². The van der Waals surface area contributed by atoms with E-state index in [0.29, 0.717) is 72.4 Å². The molecule has 1 N–H and O–H groups in total. The van der Waals surface area contributed by atoms with Crippen molar-refractivity contribution >= 4 is 5.91 Å². The minimum absolute atomic E-state index is 0.0966. The van der Waals surface area contributed by atoms with Gasteiger partial charge in [0.25, 0.3) is 0 Å². The van der Waals surface area contributed by atoms with E-state index in [1.807, 2.05) is 0 Å².